The summed E-state index contributed by atoms with van der Waals surface area (Å²) in [6.45, 7) is 6.89. The lowest BCUT2D eigenvalue weighted by molar-refractivity contribution is 0.0508. The molecule has 0 fully saturated rings. The molecule has 1 N–H and O–H groups in total. The zero-order valence-electron chi connectivity index (χ0n) is 11.6. The Balaban J connectivity index is 2.61. The van der Waals surface area contributed by atoms with Crippen LogP contribution in [-0.2, 0) is 11.2 Å². The molecule has 1 amide bonds. The number of amides is 1. The molecule has 1 rings (SSSR count). The second kappa shape index (κ2) is 5.99. The molecule has 106 valence electrons. The van der Waals surface area contributed by atoms with Crippen molar-refractivity contribution in [2.45, 2.75) is 45.8 Å². The number of benzene rings is 1. The number of carbonyl (C=O) groups excluding carboxylic acids is 1. The Hall–Kier alpha value is -1.65. The first-order valence-corrected chi connectivity index (χ1v) is 6.11. The maximum Gasteiger partial charge on any atom is 0.407 e. The van der Waals surface area contributed by atoms with Gasteiger partial charge in [-0.05, 0) is 46.2 Å². The van der Waals surface area contributed by atoms with E-state index in [1.807, 2.05) is 0 Å². The van der Waals surface area contributed by atoms with E-state index in [0.717, 1.165) is 0 Å². The fourth-order valence-corrected chi connectivity index (χ4v) is 1.59. The third-order valence-corrected chi connectivity index (χ3v) is 2.34. The predicted octanol–water partition coefficient (Wildman–Crippen LogP) is 3.42. The van der Waals surface area contributed by atoms with E-state index in [1.165, 1.54) is 18.2 Å². The number of rotatable bonds is 3. The lowest BCUT2D eigenvalue weighted by atomic mass is 10.1. The smallest absolute Gasteiger partial charge is 0.407 e. The van der Waals surface area contributed by atoms with Gasteiger partial charge in [-0.3, -0.25) is 0 Å². The van der Waals surface area contributed by atoms with Gasteiger partial charge >= 0.3 is 6.09 Å². The molecule has 0 heterocycles. The maximum atomic E-state index is 13.4. The quantitative estimate of drug-likeness (QED) is 0.914. The molecular formula is C14H19F2NO2. The number of carbonyl (C=O) groups is 1. The van der Waals surface area contributed by atoms with Crippen LogP contribution in [0.3, 0.4) is 0 Å². The summed E-state index contributed by atoms with van der Waals surface area (Å²) in [7, 11) is 0. The first-order chi connectivity index (χ1) is 8.69. The number of nitrogens with one attached hydrogen (secondary N) is 1. The van der Waals surface area contributed by atoms with Crippen LogP contribution in [0.15, 0.2) is 18.2 Å². The summed E-state index contributed by atoms with van der Waals surface area (Å²) in [6.07, 6.45) is -0.533. The van der Waals surface area contributed by atoms with Gasteiger partial charge < -0.3 is 10.1 Å². The van der Waals surface area contributed by atoms with Crippen LogP contribution in [0.1, 0.15) is 33.3 Å². The van der Waals surface area contributed by atoms with Crippen LogP contribution >= 0.6 is 0 Å². The van der Waals surface area contributed by atoms with Crippen molar-refractivity contribution in [3.05, 3.63) is 35.4 Å². The van der Waals surface area contributed by atoms with Gasteiger partial charge in [-0.2, -0.15) is 0 Å². The van der Waals surface area contributed by atoms with E-state index in [2.05, 4.69) is 5.32 Å². The molecule has 0 spiro atoms. The monoisotopic (exact) mass is 271 g/mol. The zero-order valence-corrected chi connectivity index (χ0v) is 11.6. The summed E-state index contributed by atoms with van der Waals surface area (Å²) >= 11 is 0. The Kier molecular flexibility index (Phi) is 4.86. The van der Waals surface area contributed by atoms with E-state index < -0.39 is 29.4 Å². The van der Waals surface area contributed by atoms with Crippen molar-refractivity contribution in [3.63, 3.8) is 0 Å². The Morgan fingerprint density at radius 1 is 1.32 bits per heavy atom. The number of hydrogen-bond acceptors (Lipinski definition) is 2. The summed E-state index contributed by atoms with van der Waals surface area (Å²) in [4.78, 5) is 11.5. The minimum Gasteiger partial charge on any atom is -0.444 e. The van der Waals surface area contributed by atoms with Crippen molar-refractivity contribution >= 4 is 6.09 Å². The molecular weight excluding hydrogens is 252 g/mol. The van der Waals surface area contributed by atoms with Crippen LogP contribution in [0, 0.1) is 11.6 Å². The van der Waals surface area contributed by atoms with Gasteiger partial charge in [-0.15, -0.1) is 0 Å². The van der Waals surface area contributed by atoms with E-state index in [0.29, 0.717) is 0 Å². The minimum absolute atomic E-state index is 0.0361. The van der Waals surface area contributed by atoms with Gasteiger partial charge in [0.2, 0.25) is 0 Å². The molecule has 0 saturated heterocycles. The first kappa shape index (κ1) is 15.4. The lowest BCUT2D eigenvalue weighted by Gasteiger charge is -2.22. The summed E-state index contributed by atoms with van der Waals surface area (Å²) < 4.78 is 31.9. The highest BCUT2D eigenvalue weighted by Gasteiger charge is 2.19. The number of hydrogen-bond donors (Lipinski definition) is 1. The van der Waals surface area contributed by atoms with Gasteiger partial charge in [0.15, 0.2) is 0 Å². The van der Waals surface area contributed by atoms with Crippen molar-refractivity contribution in [1.82, 2.24) is 5.32 Å². The van der Waals surface area contributed by atoms with Crippen LogP contribution in [0.2, 0.25) is 0 Å². The zero-order chi connectivity index (χ0) is 14.6. The third-order valence-electron chi connectivity index (χ3n) is 2.34. The number of alkyl carbamates (subject to hydrolysis) is 1. The molecule has 0 radical (unpaired) electrons. The fourth-order valence-electron chi connectivity index (χ4n) is 1.59. The van der Waals surface area contributed by atoms with E-state index in [-0.39, 0.29) is 12.0 Å². The molecule has 1 aromatic rings. The molecule has 3 nitrogen and oxygen atoms in total. The summed E-state index contributed by atoms with van der Waals surface area (Å²) in [5.41, 5.74) is -0.640. The number of ether oxygens (including phenoxy) is 1. The standard InChI is InChI=1S/C14H19F2NO2/c1-9(17-13(18)19-14(2,3)4)8-10-11(15)6-5-7-12(10)16/h5-7,9H,8H2,1-4H3,(H,17,18). The van der Waals surface area contributed by atoms with Crippen LogP contribution in [0.25, 0.3) is 0 Å². The third kappa shape index (κ3) is 5.24. The van der Waals surface area contributed by atoms with Gasteiger partial charge in [-0.25, -0.2) is 13.6 Å². The van der Waals surface area contributed by atoms with Crippen LogP contribution < -0.4 is 5.32 Å². The van der Waals surface area contributed by atoms with Gasteiger partial charge in [0.25, 0.3) is 0 Å². The highest BCUT2D eigenvalue weighted by molar-refractivity contribution is 5.68. The molecule has 19 heavy (non-hydrogen) atoms. The Morgan fingerprint density at radius 3 is 2.32 bits per heavy atom. The average Bonchev–Trinajstić information content (AvgIpc) is 2.20. The summed E-state index contributed by atoms with van der Waals surface area (Å²) in [5, 5.41) is 2.54. The molecule has 0 saturated carbocycles. The molecule has 1 atom stereocenters. The fraction of sp³-hybridized carbons (Fsp3) is 0.500. The second-order valence-corrected chi connectivity index (χ2v) is 5.45. The first-order valence-electron chi connectivity index (χ1n) is 6.11. The van der Waals surface area contributed by atoms with Crippen LogP contribution in [-0.4, -0.2) is 17.7 Å². The van der Waals surface area contributed by atoms with Crippen molar-refractivity contribution in [3.8, 4) is 0 Å². The van der Waals surface area contributed by atoms with Crippen molar-refractivity contribution in [1.29, 1.82) is 0 Å². The Bertz CT molecular complexity index is 435. The highest BCUT2D eigenvalue weighted by atomic mass is 19.1. The lowest BCUT2D eigenvalue weighted by Crippen LogP contribution is -2.38. The minimum atomic E-state index is -0.613. The largest absolute Gasteiger partial charge is 0.444 e. The van der Waals surface area contributed by atoms with E-state index in [1.54, 1.807) is 27.7 Å². The molecule has 0 aliphatic heterocycles. The summed E-state index contributed by atoms with van der Waals surface area (Å²) in [5.74, 6) is -1.23. The molecule has 0 aliphatic carbocycles. The molecule has 1 unspecified atom stereocenters. The number of halogens is 2. The van der Waals surface area contributed by atoms with Gasteiger partial charge in [0.1, 0.15) is 17.2 Å². The SMILES string of the molecule is CC(Cc1c(F)cccc1F)NC(=O)OC(C)(C)C. The second-order valence-electron chi connectivity index (χ2n) is 5.45. The van der Waals surface area contributed by atoms with Gasteiger partial charge in [0, 0.05) is 11.6 Å². The maximum absolute atomic E-state index is 13.4. The molecule has 1 aromatic carbocycles. The van der Waals surface area contributed by atoms with E-state index in [9.17, 15) is 13.6 Å². The van der Waals surface area contributed by atoms with Crippen LogP contribution in [0.4, 0.5) is 13.6 Å². The molecule has 0 aromatic heterocycles. The Labute approximate surface area is 112 Å². The van der Waals surface area contributed by atoms with Crippen LogP contribution in [0.5, 0.6) is 0 Å². The highest BCUT2D eigenvalue weighted by Crippen LogP contribution is 2.14. The van der Waals surface area contributed by atoms with Crippen molar-refractivity contribution in [2.75, 3.05) is 0 Å². The average molecular weight is 271 g/mol. The van der Waals surface area contributed by atoms with Gasteiger partial charge in [-0.1, -0.05) is 6.07 Å². The van der Waals surface area contributed by atoms with E-state index >= 15 is 0 Å². The van der Waals surface area contributed by atoms with E-state index in [4.69, 9.17) is 4.74 Å². The summed E-state index contributed by atoms with van der Waals surface area (Å²) in [6, 6.07) is 3.26. The van der Waals surface area contributed by atoms with Gasteiger partial charge in [0.05, 0.1) is 0 Å². The Morgan fingerprint density at radius 2 is 1.84 bits per heavy atom. The van der Waals surface area contributed by atoms with Crippen molar-refractivity contribution in [2.24, 2.45) is 0 Å². The molecule has 0 aliphatic rings. The molecule has 0 bridgehead atoms. The normalized spacial score (nSPS) is 12.9. The molecule has 5 heteroatoms. The van der Waals surface area contributed by atoms with Crippen molar-refractivity contribution < 1.29 is 18.3 Å². The topological polar surface area (TPSA) is 38.3 Å². The predicted molar refractivity (Wildman–Crippen MR) is 68.9 cm³/mol.